The summed E-state index contributed by atoms with van der Waals surface area (Å²) in [5.74, 6) is 1.71. The lowest BCUT2D eigenvalue weighted by molar-refractivity contribution is 0.419. The standard InChI is InChI=1S/C14H20N4O.HI/c1-15-14(16-2)17-8-7-10-9-18-11-5-4-6-12(19-3)13(10)11;/h4-6,9,18H,7-8H2,1-3H3,(H2,15,16,17);1H. The molecule has 1 heterocycles. The van der Waals surface area contributed by atoms with Crippen molar-refractivity contribution < 1.29 is 4.74 Å². The van der Waals surface area contributed by atoms with Crippen LogP contribution in [-0.4, -0.2) is 38.7 Å². The van der Waals surface area contributed by atoms with Crippen molar-refractivity contribution in [2.75, 3.05) is 27.7 Å². The van der Waals surface area contributed by atoms with Crippen molar-refractivity contribution in [3.05, 3.63) is 30.0 Å². The van der Waals surface area contributed by atoms with Crippen LogP contribution in [0.15, 0.2) is 29.4 Å². The van der Waals surface area contributed by atoms with Gasteiger partial charge in [0.1, 0.15) is 5.75 Å². The first-order chi connectivity index (χ1) is 9.30. The van der Waals surface area contributed by atoms with Crippen LogP contribution in [0.3, 0.4) is 0 Å². The Morgan fingerprint density at radius 2 is 2.20 bits per heavy atom. The minimum absolute atomic E-state index is 0. The van der Waals surface area contributed by atoms with Crippen LogP contribution >= 0.6 is 24.0 Å². The molecule has 0 saturated carbocycles. The molecule has 3 N–H and O–H groups in total. The van der Waals surface area contributed by atoms with Gasteiger partial charge in [0, 0.05) is 37.7 Å². The molecule has 20 heavy (non-hydrogen) atoms. The van der Waals surface area contributed by atoms with Gasteiger partial charge < -0.3 is 20.4 Å². The van der Waals surface area contributed by atoms with E-state index in [1.807, 2.05) is 25.4 Å². The Labute approximate surface area is 136 Å². The second-order valence-corrected chi connectivity index (χ2v) is 4.20. The van der Waals surface area contributed by atoms with Crippen LogP contribution < -0.4 is 15.4 Å². The molecule has 0 radical (unpaired) electrons. The van der Waals surface area contributed by atoms with Gasteiger partial charge in [0.15, 0.2) is 5.96 Å². The summed E-state index contributed by atoms with van der Waals surface area (Å²) in [7, 11) is 5.31. The normalized spacial score (nSPS) is 11.1. The molecule has 2 aromatic rings. The molecule has 0 unspecified atom stereocenters. The summed E-state index contributed by atoms with van der Waals surface area (Å²) in [4.78, 5) is 7.36. The number of aliphatic imine (C=N–C) groups is 1. The van der Waals surface area contributed by atoms with E-state index in [1.54, 1.807) is 14.2 Å². The lowest BCUT2D eigenvalue weighted by atomic mass is 10.1. The molecular weight excluding hydrogens is 367 g/mol. The van der Waals surface area contributed by atoms with E-state index in [4.69, 9.17) is 4.74 Å². The summed E-state index contributed by atoms with van der Waals surface area (Å²) >= 11 is 0. The first-order valence-electron chi connectivity index (χ1n) is 6.31. The molecule has 1 aromatic carbocycles. The zero-order chi connectivity index (χ0) is 13.7. The number of rotatable bonds is 4. The first-order valence-corrected chi connectivity index (χ1v) is 6.31. The van der Waals surface area contributed by atoms with E-state index >= 15 is 0 Å². The fourth-order valence-corrected chi connectivity index (χ4v) is 2.18. The molecule has 0 amide bonds. The van der Waals surface area contributed by atoms with E-state index in [-0.39, 0.29) is 24.0 Å². The molecule has 0 aliphatic heterocycles. The molecule has 5 nitrogen and oxygen atoms in total. The Kier molecular flexibility index (Phi) is 6.63. The lowest BCUT2D eigenvalue weighted by Crippen LogP contribution is -2.35. The molecule has 110 valence electrons. The number of H-pyrrole nitrogens is 1. The number of methoxy groups -OCH3 is 1. The SMILES string of the molecule is CN=C(NC)NCCc1c[nH]c2cccc(OC)c12.I. The van der Waals surface area contributed by atoms with Gasteiger partial charge >= 0.3 is 0 Å². The molecule has 2 rings (SSSR count). The minimum Gasteiger partial charge on any atom is -0.496 e. The highest BCUT2D eigenvalue weighted by molar-refractivity contribution is 14.0. The van der Waals surface area contributed by atoms with Gasteiger partial charge in [0.05, 0.1) is 7.11 Å². The third kappa shape index (κ3) is 3.56. The number of aromatic amines is 1. The summed E-state index contributed by atoms with van der Waals surface area (Å²) in [5, 5.41) is 7.40. The molecule has 0 aliphatic carbocycles. The Morgan fingerprint density at radius 3 is 2.85 bits per heavy atom. The number of nitrogens with zero attached hydrogens (tertiary/aromatic N) is 1. The Bertz CT molecular complexity index is 580. The molecule has 0 bridgehead atoms. The summed E-state index contributed by atoms with van der Waals surface area (Å²) < 4.78 is 5.42. The van der Waals surface area contributed by atoms with Crippen molar-refractivity contribution in [2.24, 2.45) is 4.99 Å². The molecular formula is C14H21IN4O. The molecule has 0 fully saturated rings. The quantitative estimate of drug-likeness (QED) is 0.427. The van der Waals surface area contributed by atoms with Gasteiger partial charge in [-0.1, -0.05) is 6.07 Å². The molecule has 0 aliphatic rings. The maximum atomic E-state index is 5.42. The fourth-order valence-electron chi connectivity index (χ4n) is 2.18. The monoisotopic (exact) mass is 388 g/mol. The van der Waals surface area contributed by atoms with E-state index in [2.05, 4.69) is 26.7 Å². The summed E-state index contributed by atoms with van der Waals surface area (Å²) in [6.07, 6.45) is 2.94. The summed E-state index contributed by atoms with van der Waals surface area (Å²) in [6, 6.07) is 6.03. The third-order valence-electron chi connectivity index (χ3n) is 3.12. The van der Waals surface area contributed by atoms with Gasteiger partial charge in [-0.25, -0.2) is 0 Å². The number of benzene rings is 1. The van der Waals surface area contributed by atoms with Crippen molar-refractivity contribution in [2.45, 2.75) is 6.42 Å². The average molecular weight is 388 g/mol. The Morgan fingerprint density at radius 1 is 1.40 bits per heavy atom. The van der Waals surface area contributed by atoms with Crippen LogP contribution in [0.2, 0.25) is 0 Å². The van der Waals surface area contributed by atoms with Crippen LogP contribution in [-0.2, 0) is 6.42 Å². The largest absolute Gasteiger partial charge is 0.496 e. The number of aromatic nitrogens is 1. The van der Waals surface area contributed by atoms with Crippen LogP contribution in [0.25, 0.3) is 10.9 Å². The van der Waals surface area contributed by atoms with Crippen molar-refractivity contribution in [1.29, 1.82) is 0 Å². The molecule has 1 aromatic heterocycles. The van der Waals surface area contributed by atoms with Crippen LogP contribution in [0, 0.1) is 0 Å². The van der Waals surface area contributed by atoms with E-state index in [9.17, 15) is 0 Å². The second kappa shape index (κ2) is 7.98. The van der Waals surface area contributed by atoms with Crippen molar-refractivity contribution in [3.8, 4) is 5.75 Å². The zero-order valence-corrected chi connectivity index (χ0v) is 14.3. The van der Waals surface area contributed by atoms with Gasteiger partial charge in [-0.3, -0.25) is 4.99 Å². The Hall–Kier alpha value is -1.44. The predicted octanol–water partition coefficient (Wildman–Crippen LogP) is 2.13. The van der Waals surface area contributed by atoms with Crippen molar-refractivity contribution >= 4 is 40.8 Å². The van der Waals surface area contributed by atoms with Crippen LogP contribution in [0.4, 0.5) is 0 Å². The molecule has 0 saturated heterocycles. The highest BCUT2D eigenvalue weighted by Crippen LogP contribution is 2.28. The predicted molar refractivity (Wildman–Crippen MR) is 94.4 cm³/mol. The maximum absolute atomic E-state index is 5.42. The summed E-state index contributed by atoms with van der Waals surface area (Å²) in [6.45, 7) is 0.818. The minimum atomic E-state index is 0. The van der Waals surface area contributed by atoms with Crippen molar-refractivity contribution in [3.63, 3.8) is 0 Å². The fraction of sp³-hybridized carbons (Fsp3) is 0.357. The van der Waals surface area contributed by atoms with Gasteiger partial charge in [0.25, 0.3) is 0 Å². The molecule has 0 atom stereocenters. The van der Waals surface area contributed by atoms with E-state index in [0.29, 0.717) is 0 Å². The van der Waals surface area contributed by atoms with E-state index < -0.39 is 0 Å². The molecule has 6 heteroatoms. The lowest BCUT2D eigenvalue weighted by Gasteiger charge is -2.08. The first kappa shape index (κ1) is 16.6. The number of guanidine groups is 1. The van der Waals surface area contributed by atoms with Gasteiger partial charge in [-0.05, 0) is 24.1 Å². The zero-order valence-electron chi connectivity index (χ0n) is 12.0. The maximum Gasteiger partial charge on any atom is 0.190 e. The smallest absolute Gasteiger partial charge is 0.190 e. The van der Waals surface area contributed by atoms with Crippen LogP contribution in [0.1, 0.15) is 5.56 Å². The van der Waals surface area contributed by atoms with Gasteiger partial charge in [0.2, 0.25) is 0 Å². The number of fused-ring (bicyclic) bond motifs is 1. The Balaban J connectivity index is 0.00000200. The van der Waals surface area contributed by atoms with Crippen LogP contribution in [0.5, 0.6) is 5.75 Å². The molecule has 0 spiro atoms. The van der Waals surface area contributed by atoms with E-state index in [0.717, 1.165) is 35.6 Å². The average Bonchev–Trinajstić information content (AvgIpc) is 2.87. The summed E-state index contributed by atoms with van der Waals surface area (Å²) in [5.41, 5.74) is 2.35. The van der Waals surface area contributed by atoms with Gasteiger partial charge in [-0.2, -0.15) is 0 Å². The highest BCUT2D eigenvalue weighted by Gasteiger charge is 2.08. The number of nitrogens with one attached hydrogen (secondary N) is 3. The number of hydrogen-bond acceptors (Lipinski definition) is 2. The topological polar surface area (TPSA) is 61.4 Å². The number of halogens is 1. The van der Waals surface area contributed by atoms with Gasteiger partial charge in [-0.15, -0.1) is 24.0 Å². The van der Waals surface area contributed by atoms with E-state index in [1.165, 1.54) is 5.56 Å². The third-order valence-corrected chi connectivity index (χ3v) is 3.12. The number of ether oxygens (including phenoxy) is 1. The van der Waals surface area contributed by atoms with Crippen molar-refractivity contribution in [1.82, 2.24) is 15.6 Å². The highest BCUT2D eigenvalue weighted by atomic mass is 127. The number of hydrogen-bond donors (Lipinski definition) is 3. The second-order valence-electron chi connectivity index (χ2n) is 4.20.